The molecule has 0 aliphatic carbocycles. The zero-order chi connectivity index (χ0) is 16.8. The van der Waals surface area contributed by atoms with Crippen molar-refractivity contribution in [2.45, 2.75) is 6.92 Å². The molecule has 0 unspecified atom stereocenters. The molecule has 2 aromatic carbocycles. The summed E-state index contributed by atoms with van der Waals surface area (Å²) in [4.78, 5) is 12.1. The van der Waals surface area contributed by atoms with E-state index in [-0.39, 0.29) is 5.91 Å². The molecule has 0 aromatic heterocycles. The van der Waals surface area contributed by atoms with Gasteiger partial charge in [0.25, 0.3) is 0 Å². The fourth-order valence-electron chi connectivity index (χ4n) is 2.04. The zero-order valence-electron chi connectivity index (χ0n) is 13.2. The van der Waals surface area contributed by atoms with Gasteiger partial charge < -0.3 is 14.8 Å². The predicted octanol–water partition coefficient (Wildman–Crippen LogP) is 4.32. The van der Waals surface area contributed by atoms with Crippen molar-refractivity contribution >= 4 is 29.3 Å². The molecule has 0 radical (unpaired) electrons. The first-order chi connectivity index (χ1) is 11.0. The van der Waals surface area contributed by atoms with Crippen LogP contribution in [0.15, 0.2) is 42.5 Å². The maximum absolute atomic E-state index is 12.1. The number of rotatable bonds is 5. The molecule has 0 saturated heterocycles. The molecule has 0 aliphatic heterocycles. The number of benzene rings is 2. The maximum Gasteiger partial charge on any atom is 0.248 e. The molecule has 2 aromatic rings. The lowest BCUT2D eigenvalue weighted by atomic mass is 10.1. The third-order valence-electron chi connectivity index (χ3n) is 3.29. The number of anilines is 1. The van der Waals surface area contributed by atoms with Crippen LogP contribution in [0.4, 0.5) is 5.69 Å². The highest BCUT2D eigenvalue weighted by molar-refractivity contribution is 6.30. The van der Waals surface area contributed by atoms with E-state index in [1.807, 2.05) is 25.1 Å². The summed E-state index contributed by atoms with van der Waals surface area (Å²) in [6.45, 7) is 1.89. The van der Waals surface area contributed by atoms with Crippen molar-refractivity contribution in [3.8, 4) is 11.5 Å². The minimum Gasteiger partial charge on any atom is -0.493 e. The molecule has 0 aliphatic rings. The number of ether oxygens (including phenoxy) is 2. The van der Waals surface area contributed by atoms with Crippen LogP contribution in [0.3, 0.4) is 0 Å². The van der Waals surface area contributed by atoms with Crippen LogP contribution in [0.5, 0.6) is 11.5 Å². The molecular formula is C18H18ClNO3. The van der Waals surface area contributed by atoms with Crippen LogP contribution in [0.25, 0.3) is 6.08 Å². The Morgan fingerprint density at radius 3 is 2.30 bits per heavy atom. The van der Waals surface area contributed by atoms with Crippen LogP contribution in [0, 0.1) is 6.92 Å². The molecule has 0 fully saturated rings. The fraction of sp³-hybridized carbons (Fsp3) is 0.167. The number of halogens is 1. The smallest absolute Gasteiger partial charge is 0.248 e. The topological polar surface area (TPSA) is 47.6 Å². The number of methoxy groups -OCH3 is 2. The summed E-state index contributed by atoms with van der Waals surface area (Å²) in [7, 11) is 3.13. The number of aryl methyl sites for hydroxylation is 1. The van der Waals surface area contributed by atoms with E-state index in [4.69, 9.17) is 21.1 Å². The standard InChI is InChI=1S/C18H18ClNO3/c1-12-10-16(22-2)17(23-3)11-15(12)20-18(21)9-6-13-4-7-14(19)8-5-13/h4-11H,1-3H3,(H,20,21). The van der Waals surface area contributed by atoms with Gasteiger partial charge >= 0.3 is 0 Å². The average molecular weight is 332 g/mol. The highest BCUT2D eigenvalue weighted by Crippen LogP contribution is 2.32. The monoisotopic (exact) mass is 331 g/mol. The van der Waals surface area contributed by atoms with Crippen molar-refractivity contribution < 1.29 is 14.3 Å². The van der Waals surface area contributed by atoms with Crippen LogP contribution in [-0.4, -0.2) is 20.1 Å². The maximum atomic E-state index is 12.1. The van der Waals surface area contributed by atoms with E-state index in [2.05, 4.69) is 5.32 Å². The number of amides is 1. The highest BCUT2D eigenvalue weighted by atomic mass is 35.5. The Hall–Kier alpha value is -2.46. The Balaban J connectivity index is 2.12. The molecule has 120 valence electrons. The lowest BCUT2D eigenvalue weighted by Crippen LogP contribution is -2.09. The molecule has 5 heteroatoms. The Morgan fingerprint density at radius 1 is 1.09 bits per heavy atom. The van der Waals surface area contributed by atoms with Gasteiger partial charge in [-0.05, 0) is 42.3 Å². The van der Waals surface area contributed by atoms with Crippen molar-refractivity contribution in [3.63, 3.8) is 0 Å². The normalized spacial score (nSPS) is 10.6. The van der Waals surface area contributed by atoms with Crippen LogP contribution in [0.2, 0.25) is 5.02 Å². The van der Waals surface area contributed by atoms with Crippen LogP contribution in [0.1, 0.15) is 11.1 Å². The third-order valence-corrected chi connectivity index (χ3v) is 3.54. The van der Waals surface area contributed by atoms with E-state index in [1.165, 1.54) is 6.08 Å². The molecule has 4 nitrogen and oxygen atoms in total. The average Bonchev–Trinajstić information content (AvgIpc) is 2.55. The van der Waals surface area contributed by atoms with Crippen molar-refractivity contribution in [1.29, 1.82) is 0 Å². The Labute approximate surface area is 140 Å². The summed E-state index contributed by atoms with van der Waals surface area (Å²) in [5, 5.41) is 3.49. The molecular weight excluding hydrogens is 314 g/mol. The minimum absolute atomic E-state index is 0.227. The summed E-state index contributed by atoms with van der Waals surface area (Å²) < 4.78 is 10.5. The van der Waals surface area contributed by atoms with Crippen LogP contribution < -0.4 is 14.8 Å². The second-order valence-corrected chi connectivity index (χ2v) is 5.33. The number of hydrogen-bond acceptors (Lipinski definition) is 3. The van der Waals surface area contributed by atoms with E-state index in [0.29, 0.717) is 22.2 Å². The number of carbonyl (C=O) groups is 1. The van der Waals surface area contributed by atoms with Crippen LogP contribution in [-0.2, 0) is 4.79 Å². The van der Waals surface area contributed by atoms with Crippen LogP contribution >= 0.6 is 11.6 Å². The quantitative estimate of drug-likeness (QED) is 0.830. The number of hydrogen-bond donors (Lipinski definition) is 1. The van der Waals surface area contributed by atoms with Gasteiger partial charge in [-0.2, -0.15) is 0 Å². The van der Waals surface area contributed by atoms with Gasteiger partial charge in [0.15, 0.2) is 11.5 Å². The minimum atomic E-state index is -0.227. The third kappa shape index (κ3) is 4.50. The number of carbonyl (C=O) groups excluding carboxylic acids is 1. The van der Waals surface area contributed by atoms with Crippen molar-refractivity contribution in [2.75, 3.05) is 19.5 Å². The lowest BCUT2D eigenvalue weighted by Gasteiger charge is -2.12. The first kappa shape index (κ1) is 16.9. The molecule has 1 amide bonds. The molecule has 0 atom stereocenters. The first-order valence-corrected chi connectivity index (χ1v) is 7.38. The van der Waals surface area contributed by atoms with E-state index >= 15 is 0 Å². The summed E-state index contributed by atoms with van der Waals surface area (Å²) in [6.07, 6.45) is 3.20. The Bertz CT molecular complexity index is 724. The summed E-state index contributed by atoms with van der Waals surface area (Å²) >= 11 is 5.83. The predicted molar refractivity (Wildman–Crippen MR) is 93.4 cm³/mol. The molecule has 1 N–H and O–H groups in total. The summed E-state index contributed by atoms with van der Waals surface area (Å²) in [5.41, 5.74) is 2.46. The lowest BCUT2D eigenvalue weighted by molar-refractivity contribution is -0.111. The summed E-state index contributed by atoms with van der Waals surface area (Å²) in [6, 6.07) is 10.8. The molecule has 0 saturated carbocycles. The van der Waals surface area contributed by atoms with Crippen molar-refractivity contribution in [1.82, 2.24) is 0 Å². The van der Waals surface area contributed by atoms with Gasteiger partial charge in [0.2, 0.25) is 5.91 Å². The van der Waals surface area contributed by atoms with Gasteiger partial charge in [0.1, 0.15) is 0 Å². The SMILES string of the molecule is COc1cc(C)c(NC(=O)C=Cc2ccc(Cl)cc2)cc1OC. The molecule has 0 bridgehead atoms. The van der Waals surface area contributed by atoms with E-state index < -0.39 is 0 Å². The second kappa shape index (κ2) is 7.70. The molecule has 0 spiro atoms. The van der Waals surface area contributed by atoms with E-state index in [1.54, 1.807) is 38.5 Å². The Morgan fingerprint density at radius 2 is 1.70 bits per heavy atom. The van der Waals surface area contributed by atoms with E-state index in [9.17, 15) is 4.79 Å². The van der Waals surface area contributed by atoms with Gasteiger partial charge in [0.05, 0.1) is 14.2 Å². The van der Waals surface area contributed by atoms with Gasteiger partial charge in [-0.3, -0.25) is 4.79 Å². The van der Waals surface area contributed by atoms with Gasteiger partial charge in [-0.1, -0.05) is 23.7 Å². The second-order valence-electron chi connectivity index (χ2n) is 4.90. The first-order valence-electron chi connectivity index (χ1n) is 7.00. The van der Waals surface area contributed by atoms with Crippen molar-refractivity contribution in [3.05, 3.63) is 58.6 Å². The molecule has 0 heterocycles. The van der Waals surface area contributed by atoms with E-state index in [0.717, 1.165) is 11.1 Å². The van der Waals surface area contributed by atoms with Gasteiger partial charge in [-0.15, -0.1) is 0 Å². The summed E-state index contributed by atoms with van der Waals surface area (Å²) in [5.74, 6) is 0.963. The van der Waals surface area contributed by atoms with Gasteiger partial charge in [0, 0.05) is 22.9 Å². The number of nitrogens with one attached hydrogen (secondary N) is 1. The largest absolute Gasteiger partial charge is 0.493 e. The zero-order valence-corrected chi connectivity index (χ0v) is 14.0. The van der Waals surface area contributed by atoms with Crippen molar-refractivity contribution in [2.24, 2.45) is 0 Å². The molecule has 23 heavy (non-hydrogen) atoms. The fourth-order valence-corrected chi connectivity index (χ4v) is 2.16. The van der Waals surface area contributed by atoms with Gasteiger partial charge in [-0.25, -0.2) is 0 Å². The highest BCUT2D eigenvalue weighted by Gasteiger charge is 2.09. The Kier molecular flexibility index (Phi) is 5.66. The molecule has 2 rings (SSSR count).